The lowest BCUT2D eigenvalue weighted by Crippen LogP contribution is -2.52. The maximum atomic E-state index is 15.1. The number of hydrogen-bond donors (Lipinski definition) is 1. The van der Waals surface area contributed by atoms with Gasteiger partial charge in [0.05, 0.1) is 22.5 Å². The van der Waals surface area contributed by atoms with Crippen LogP contribution in [-0.2, 0) is 6.54 Å². The van der Waals surface area contributed by atoms with E-state index in [2.05, 4.69) is 15.2 Å². The summed E-state index contributed by atoms with van der Waals surface area (Å²) in [7, 11) is 0. The lowest BCUT2D eigenvalue weighted by molar-refractivity contribution is -0.274. The number of carbonyl (C=O) groups is 1. The lowest BCUT2D eigenvalue weighted by atomic mass is 10.1. The van der Waals surface area contributed by atoms with Crippen LogP contribution in [0.3, 0.4) is 0 Å². The van der Waals surface area contributed by atoms with E-state index in [0.29, 0.717) is 42.1 Å². The van der Waals surface area contributed by atoms with Gasteiger partial charge in [0.2, 0.25) is 0 Å². The second kappa shape index (κ2) is 10.7. The standard InChI is InChI=1S/C28H26F5N5O2/c1-17-16-36(11-12-37(17)21-4-6-22(7-5-21)40-28(31,32)33)24-8-3-19(13-23(24)30)15-34-27(39)26-18(2)35-38-10-9-20(29)14-25(26)38/h3-10,13-14,17H,11-12,15-16H2,1-2H3,(H,34,39)/t17-/m0/s1. The van der Waals surface area contributed by atoms with Crippen LogP contribution in [-0.4, -0.2) is 47.6 Å². The molecule has 1 atom stereocenters. The molecule has 1 saturated heterocycles. The van der Waals surface area contributed by atoms with Gasteiger partial charge in [0.1, 0.15) is 17.4 Å². The summed E-state index contributed by atoms with van der Waals surface area (Å²) in [4.78, 5) is 16.8. The zero-order valence-corrected chi connectivity index (χ0v) is 21.7. The third-order valence-electron chi connectivity index (χ3n) is 6.83. The minimum Gasteiger partial charge on any atom is -0.406 e. The molecule has 210 valence electrons. The van der Waals surface area contributed by atoms with E-state index in [-0.39, 0.29) is 23.9 Å². The monoisotopic (exact) mass is 559 g/mol. The molecular formula is C28H26F5N5O2. The van der Waals surface area contributed by atoms with E-state index in [1.807, 2.05) is 16.7 Å². The summed E-state index contributed by atoms with van der Waals surface area (Å²) >= 11 is 0. The molecule has 0 radical (unpaired) electrons. The minimum atomic E-state index is -4.75. The normalized spacial score (nSPS) is 15.9. The first-order valence-electron chi connectivity index (χ1n) is 12.6. The van der Waals surface area contributed by atoms with Crippen LogP contribution in [0.15, 0.2) is 60.8 Å². The Balaban J connectivity index is 1.21. The fraction of sp³-hybridized carbons (Fsp3) is 0.286. The molecule has 1 amide bonds. The summed E-state index contributed by atoms with van der Waals surface area (Å²) in [6.07, 6.45) is -3.31. The largest absolute Gasteiger partial charge is 0.573 e. The highest BCUT2D eigenvalue weighted by atomic mass is 19.4. The molecule has 0 spiro atoms. The van der Waals surface area contributed by atoms with Crippen molar-refractivity contribution in [1.29, 1.82) is 0 Å². The van der Waals surface area contributed by atoms with E-state index in [4.69, 9.17) is 0 Å². The van der Waals surface area contributed by atoms with Crippen LogP contribution < -0.4 is 19.9 Å². The molecule has 1 N–H and O–H groups in total. The molecule has 2 aromatic heterocycles. The Labute approximate surface area is 226 Å². The van der Waals surface area contributed by atoms with Crippen molar-refractivity contribution >= 4 is 22.8 Å². The predicted molar refractivity (Wildman–Crippen MR) is 140 cm³/mol. The van der Waals surface area contributed by atoms with Crippen LogP contribution in [0.4, 0.5) is 33.3 Å². The second-order valence-electron chi connectivity index (χ2n) is 9.63. The predicted octanol–water partition coefficient (Wildman–Crippen LogP) is 5.46. The van der Waals surface area contributed by atoms with Gasteiger partial charge in [-0.3, -0.25) is 4.79 Å². The molecule has 1 fully saturated rings. The molecule has 5 rings (SSSR count). The summed E-state index contributed by atoms with van der Waals surface area (Å²) in [6.45, 7) is 5.23. The van der Waals surface area contributed by atoms with E-state index < -0.39 is 23.9 Å². The number of alkyl halides is 3. The zero-order valence-electron chi connectivity index (χ0n) is 21.7. The van der Waals surface area contributed by atoms with Gasteiger partial charge in [-0.15, -0.1) is 13.2 Å². The van der Waals surface area contributed by atoms with Gasteiger partial charge in [-0.05, 0) is 61.9 Å². The van der Waals surface area contributed by atoms with E-state index in [9.17, 15) is 22.4 Å². The molecule has 4 aromatic rings. The molecule has 12 heteroatoms. The van der Waals surface area contributed by atoms with E-state index in [0.717, 1.165) is 5.69 Å². The highest BCUT2D eigenvalue weighted by molar-refractivity contribution is 6.01. The van der Waals surface area contributed by atoms with Crippen molar-refractivity contribution in [2.45, 2.75) is 32.8 Å². The number of aromatic nitrogens is 2. The topological polar surface area (TPSA) is 62.1 Å². The number of ether oxygens (including phenoxy) is 1. The van der Waals surface area contributed by atoms with Crippen molar-refractivity contribution in [1.82, 2.24) is 14.9 Å². The average Bonchev–Trinajstić information content (AvgIpc) is 3.22. The molecule has 40 heavy (non-hydrogen) atoms. The first kappa shape index (κ1) is 27.2. The number of benzene rings is 2. The number of nitrogens with one attached hydrogen (secondary N) is 1. The molecule has 1 aliphatic heterocycles. The van der Waals surface area contributed by atoms with Crippen molar-refractivity contribution in [3.05, 3.63) is 89.2 Å². The first-order chi connectivity index (χ1) is 19.0. The van der Waals surface area contributed by atoms with Crippen molar-refractivity contribution in [2.75, 3.05) is 29.4 Å². The number of nitrogens with zero attached hydrogens (tertiary/aromatic N) is 4. The van der Waals surface area contributed by atoms with Crippen molar-refractivity contribution in [2.24, 2.45) is 0 Å². The first-order valence-corrected chi connectivity index (χ1v) is 12.6. The van der Waals surface area contributed by atoms with Gasteiger partial charge in [-0.1, -0.05) is 6.07 Å². The van der Waals surface area contributed by atoms with Crippen LogP contribution in [0.2, 0.25) is 0 Å². The number of piperazine rings is 1. The maximum Gasteiger partial charge on any atom is 0.573 e. The van der Waals surface area contributed by atoms with Gasteiger partial charge < -0.3 is 19.9 Å². The van der Waals surface area contributed by atoms with Gasteiger partial charge in [0, 0.05) is 50.2 Å². The number of pyridine rings is 1. The van der Waals surface area contributed by atoms with Gasteiger partial charge in [0.15, 0.2) is 0 Å². The molecule has 0 unspecified atom stereocenters. The highest BCUT2D eigenvalue weighted by Crippen LogP contribution is 2.29. The number of aryl methyl sites for hydroxylation is 1. The van der Waals surface area contributed by atoms with E-state index >= 15 is 4.39 Å². The minimum absolute atomic E-state index is 0.0413. The van der Waals surface area contributed by atoms with Gasteiger partial charge in [-0.2, -0.15) is 5.10 Å². The number of carbonyl (C=O) groups excluding carboxylic acids is 1. The second-order valence-corrected chi connectivity index (χ2v) is 9.63. The number of fused-ring (bicyclic) bond motifs is 1. The number of amides is 1. The maximum absolute atomic E-state index is 15.1. The highest BCUT2D eigenvalue weighted by Gasteiger charge is 2.31. The number of anilines is 2. The van der Waals surface area contributed by atoms with Crippen LogP contribution >= 0.6 is 0 Å². The van der Waals surface area contributed by atoms with Crippen LogP contribution in [0.5, 0.6) is 5.75 Å². The fourth-order valence-corrected chi connectivity index (χ4v) is 5.01. The van der Waals surface area contributed by atoms with Crippen molar-refractivity contribution in [3.8, 4) is 5.75 Å². The number of rotatable bonds is 6. The van der Waals surface area contributed by atoms with E-state index in [1.54, 1.807) is 31.2 Å². The summed E-state index contributed by atoms with van der Waals surface area (Å²) in [5.74, 6) is -1.65. The van der Waals surface area contributed by atoms with Crippen molar-refractivity contribution in [3.63, 3.8) is 0 Å². The fourth-order valence-electron chi connectivity index (χ4n) is 5.01. The molecule has 0 bridgehead atoms. The van der Waals surface area contributed by atoms with Crippen molar-refractivity contribution < 1.29 is 31.5 Å². The SMILES string of the molecule is Cc1nn2ccc(F)cc2c1C(=O)NCc1ccc(N2CCN(c3ccc(OC(F)(F)F)cc3)[C@@H](C)C2)c(F)c1. The number of halogens is 5. The van der Waals surface area contributed by atoms with Gasteiger partial charge >= 0.3 is 6.36 Å². The summed E-state index contributed by atoms with van der Waals surface area (Å²) in [6, 6.07) is 12.9. The van der Waals surface area contributed by atoms with Crippen LogP contribution in [0.25, 0.3) is 5.52 Å². The Morgan fingerprint density at radius 2 is 1.82 bits per heavy atom. The third kappa shape index (κ3) is 5.80. The molecule has 0 saturated carbocycles. The Morgan fingerprint density at radius 1 is 1.07 bits per heavy atom. The summed E-state index contributed by atoms with van der Waals surface area (Å²) < 4.78 is 71.5. The molecule has 1 aliphatic rings. The molecule has 3 heterocycles. The summed E-state index contributed by atoms with van der Waals surface area (Å²) in [5.41, 5.74) is 2.77. The van der Waals surface area contributed by atoms with Gasteiger partial charge in [-0.25, -0.2) is 13.3 Å². The number of hydrogen-bond acceptors (Lipinski definition) is 5. The molecule has 2 aromatic carbocycles. The smallest absolute Gasteiger partial charge is 0.406 e. The Hall–Kier alpha value is -4.35. The average molecular weight is 560 g/mol. The summed E-state index contributed by atoms with van der Waals surface area (Å²) in [5, 5.41) is 6.98. The van der Waals surface area contributed by atoms with Crippen LogP contribution in [0, 0.1) is 18.6 Å². The molecule has 0 aliphatic carbocycles. The molecule has 7 nitrogen and oxygen atoms in total. The van der Waals surface area contributed by atoms with E-state index in [1.165, 1.54) is 41.0 Å². The Kier molecular flexibility index (Phi) is 7.26. The Bertz CT molecular complexity index is 1540. The Morgan fingerprint density at radius 3 is 2.50 bits per heavy atom. The quantitative estimate of drug-likeness (QED) is 0.318. The van der Waals surface area contributed by atoms with Crippen LogP contribution in [0.1, 0.15) is 28.5 Å². The third-order valence-corrected chi connectivity index (χ3v) is 6.83. The van der Waals surface area contributed by atoms with Gasteiger partial charge in [0.25, 0.3) is 5.91 Å². The zero-order chi connectivity index (χ0) is 28.6. The molecular weight excluding hydrogens is 533 g/mol. The lowest BCUT2D eigenvalue weighted by Gasteiger charge is -2.42.